The maximum absolute atomic E-state index is 10.7. The summed E-state index contributed by atoms with van der Waals surface area (Å²) in [5.41, 5.74) is 4.76. The molecule has 0 spiro atoms. The third kappa shape index (κ3) is 4.91. The monoisotopic (exact) mass is 385 g/mol. The van der Waals surface area contributed by atoms with Crippen LogP contribution < -0.4 is 5.32 Å². The molecule has 0 aliphatic carbocycles. The number of nitrogens with one attached hydrogen (secondary N) is 1. The average Bonchev–Trinajstić information content (AvgIpc) is 2.78. The number of carbonyl (C=O) groups excluding carboxylic acids is 1. The van der Waals surface area contributed by atoms with Crippen molar-refractivity contribution >= 4 is 12.1 Å². The largest absolute Gasteiger partial charge is 0.329 e. The Labute approximate surface area is 172 Å². The van der Waals surface area contributed by atoms with E-state index in [4.69, 9.17) is 0 Å². The minimum absolute atomic E-state index is 0.223. The lowest BCUT2D eigenvalue weighted by molar-refractivity contribution is -0.105. The van der Waals surface area contributed by atoms with Crippen molar-refractivity contribution < 1.29 is 4.79 Å². The van der Waals surface area contributed by atoms with Crippen LogP contribution in [0, 0.1) is 0 Å². The minimum atomic E-state index is 0.223. The smallest absolute Gasteiger partial charge is 0.211 e. The average molecular weight is 386 g/mol. The predicted molar refractivity (Wildman–Crippen MR) is 118 cm³/mol. The van der Waals surface area contributed by atoms with Crippen molar-refractivity contribution in [1.29, 1.82) is 0 Å². The summed E-state index contributed by atoms with van der Waals surface area (Å²) in [6, 6.07) is 29.8. The highest BCUT2D eigenvalue weighted by Gasteiger charge is 2.26. The van der Waals surface area contributed by atoms with Gasteiger partial charge in [0.05, 0.1) is 6.04 Å². The van der Waals surface area contributed by atoms with Crippen LogP contribution in [0.2, 0.25) is 0 Å². The van der Waals surface area contributed by atoms with Crippen LogP contribution in [0.25, 0.3) is 0 Å². The summed E-state index contributed by atoms with van der Waals surface area (Å²) in [5.74, 6) is 0. The van der Waals surface area contributed by atoms with Crippen molar-refractivity contribution in [2.75, 3.05) is 31.5 Å². The van der Waals surface area contributed by atoms with E-state index in [1.807, 2.05) is 12.1 Å². The molecule has 1 aliphatic heterocycles. The summed E-state index contributed by atoms with van der Waals surface area (Å²) in [5, 5.41) is 2.72. The highest BCUT2D eigenvalue weighted by atomic mass is 16.1. The lowest BCUT2D eigenvalue weighted by atomic mass is 9.96. The van der Waals surface area contributed by atoms with Gasteiger partial charge in [0.25, 0.3) is 0 Å². The molecule has 1 N–H and O–H groups in total. The van der Waals surface area contributed by atoms with Crippen LogP contribution in [0.1, 0.15) is 22.7 Å². The summed E-state index contributed by atoms with van der Waals surface area (Å²) >= 11 is 0. The normalized spacial score (nSPS) is 16.3. The molecule has 1 saturated heterocycles. The number of rotatable bonds is 7. The van der Waals surface area contributed by atoms with E-state index < -0.39 is 0 Å². The maximum atomic E-state index is 10.7. The molecule has 1 atom stereocenters. The molecule has 148 valence electrons. The molecule has 3 aromatic carbocycles. The Morgan fingerprint density at radius 3 is 1.97 bits per heavy atom. The molecule has 1 aliphatic rings. The summed E-state index contributed by atoms with van der Waals surface area (Å²) in [7, 11) is 0. The first-order chi connectivity index (χ1) is 14.3. The van der Waals surface area contributed by atoms with Crippen molar-refractivity contribution in [3.05, 3.63) is 102 Å². The maximum Gasteiger partial charge on any atom is 0.211 e. The molecule has 0 bridgehead atoms. The number of nitrogens with zero attached hydrogens (tertiary/aromatic N) is 2. The van der Waals surface area contributed by atoms with Crippen LogP contribution >= 0.6 is 0 Å². The van der Waals surface area contributed by atoms with Crippen molar-refractivity contribution in [2.45, 2.75) is 12.6 Å². The highest BCUT2D eigenvalue weighted by molar-refractivity contribution is 5.71. The van der Waals surface area contributed by atoms with Gasteiger partial charge in [-0.05, 0) is 28.8 Å². The molecule has 0 saturated carbocycles. The molecular weight excluding hydrogens is 358 g/mol. The Bertz CT molecular complexity index is 888. The van der Waals surface area contributed by atoms with Crippen molar-refractivity contribution in [2.24, 2.45) is 0 Å². The summed E-state index contributed by atoms with van der Waals surface area (Å²) < 4.78 is 0. The molecule has 0 radical (unpaired) electrons. The highest BCUT2D eigenvalue weighted by Crippen LogP contribution is 2.30. The fourth-order valence-corrected chi connectivity index (χ4v) is 4.10. The van der Waals surface area contributed by atoms with Gasteiger partial charge in [0.1, 0.15) is 0 Å². The zero-order valence-corrected chi connectivity index (χ0v) is 16.6. The van der Waals surface area contributed by atoms with Gasteiger partial charge in [-0.15, -0.1) is 0 Å². The van der Waals surface area contributed by atoms with Crippen LogP contribution in [0.4, 0.5) is 5.69 Å². The number of hydrogen-bond donors (Lipinski definition) is 1. The molecule has 4 heteroatoms. The van der Waals surface area contributed by atoms with Crippen LogP contribution in [0.3, 0.4) is 0 Å². The van der Waals surface area contributed by atoms with E-state index in [9.17, 15) is 4.79 Å². The van der Waals surface area contributed by atoms with Gasteiger partial charge in [-0.1, -0.05) is 72.8 Å². The number of anilines is 1. The Kier molecular flexibility index (Phi) is 6.35. The lowest BCUT2D eigenvalue weighted by Crippen LogP contribution is -2.47. The number of piperazine rings is 1. The number of hydrogen-bond acceptors (Lipinski definition) is 3. The van der Waals surface area contributed by atoms with Gasteiger partial charge in [0.15, 0.2) is 0 Å². The molecule has 4 nitrogen and oxygen atoms in total. The zero-order valence-electron chi connectivity index (χ0n) is 16.6. The van der Waals surface area contributed by atoms with Crippen molar-refractivity contribution in [1.82, 2.24) is 9.80 Å². The molecule has 29 heavy (non-hydrogen) atoms. The van der Waals surface area contributed by atoms with Crippen LogP contribution in [-0.4, -0.2) is 42.4 Å². The van der Waals surface area contributed by atoms with E-state index in [2.05, 4.69) is 87.9 Å². The molecule has 4 rings (SSSR count). The molecule has 3 aromatic rings. The molecule has 1 fully saturated rings. The topological polar surface area (TPSA) is 35.6 Å². The first-order valence-corrected chi connectivity index (χ1v) is 10.2. The van der Waals surface area contributed by atoms with Gasteiger partial charge in [-0.3, -0.25) is 14.6 Å². The Balaban J connectivity index is 1.49. The first-order valence-electron chi connectivity index (χ1n) is 10.2. The van der Waals surface area contributed by atoms with E-state index in [0.29, 0.717) is 0 Å². The van der Waals surface area contributed by atoms with Gasteiger partial charge in [0.2, 0.25) is 6.41 Å². The zero-order chi connectivity index (χ0) is 19.9. The Morgan fingerprint density at radius 2 is 1.34 bits per heavy atom. The van der Waals surface area contributed by atoms with E-state index >= 15 is 0 Å². The van der Waals surface area contributed by atoms with Gasteiger partial charge < -0.3 is 5.32 Å². The van der Waals surface area contributed by atoms with E-state index in [1.54, 1.807) is 0 Å². The summed E-state index contributed by atoms with van der Waals surface area (Å²) in [6.07, 6.45) is 0.718. The van der Waals surface area contributed by atoms with Gasteiger partial charge in [-0.25, -0.2) is 0 Å². The molecule has 0 aromatic heterocycles. The van der Waals surface area contributed by atoms with Gasteiger partial charge >= 0.3 is 0 Å². The first kappa shape index (κ1) is 19.4. The number of carbonyl (C=O) groups is 1. The van der Waals surface area contributed by atoms with Crippen LogP contribution in [-0.2, 0) is 11.3 Å². The van der Waals surface area contributed by atoms with E-state index in [1.165, 1.54) is 16.7 Å². The fraction of sp³-hybridized carbons (Fsp3) is 0.240. The molecule has 1 unspecified atom stereocenters. The van der Waals surface area contributed by atoms with Gasteiger partial charge in [0, 0.05) is 38.4 Å². The Hall–Kier alpha value is -2.95. The third-order valence-electron chi connectivity index (χ3n) is 5.59. The van der Waals surface area contributed by atoms with Crippen LogP contribution in [0.5, 0.6) is 0 Å². The molecule has 1 amide bonds. The standard InChI is InChI=1S/C25H27N3O/c29-20-26-24-13-11-23(12-14-24)25(22-9-5-2-6-10-22)28-17-15-27(16-18-28)19-21-7-3-1-4-8-21/h1-14,20,25H,15-19H2,(H,26,29). The summed E-state index contributed by atoms with van der Waals surface area (Å²) in [6.45, 7) is 5.18. The second-order valence-corrected chi connectivity index (χ2v) is 7.50. The third-order valence-corrected chi connectivity index (χ3v) is 5.59. The second kappa shape index (κ2) is 9.50. The minimum Gasteiger partial charge on any atom is -0.329 e. The predicted octanol–water partition coefficient (Wildman–Crippen LogP) is 4.16. The van der Waals surface area contributed by atoms with E-state index in [0.717, 1.165) is 44.8 Å². The lowest BCUT2D eigenvalue weighted by Gasteiger charge is -2.40. The Morgan fingerprint density at radius 1 is 0.759 bits per heavy atom. The second-order valence-electron chi connectivity index (χ2n) is 7.50. The number of amides is 1. The quantitative estimate of drug-likeness (QED) is 0.620. The van der Waals surface area contributed by atoms with Crippen LogP contribution in [0.15, 0.2) is 84.9 Å². The SMILES string of the molecule is O=CNc1ccc(C(c2ccccc2)N2CCN(Cc3ccccc3)CC2)cc1. The molecular formula is C25H27N3O. The van der Waals surface area contributed by atoms with E-state index in [-0.39, 0.29) is 6.04 Å². The van der Waals surface area contributed by atoms with Crippen molar-refractivity contribution in [3.8, 4) is 0 Å². The number of benzene rings is 3. The van der Waals surface area contributed by atoms with Crippen molar-refractivity contribution in [3.63, 3.8) is 0 Å². The summed E-state index contributed by atoms with van der Waals surface area (Å²) in [4.78, 5) is 15.8. The molecule has 1 heterocycles. The van der Waals surface area contributed by atoms with Gasteiger partial charge in [-0.2, -0.15) is 0 Å². The fourth-order valence-electron chi connectivity index (χ4n) is 4.10.